The summed E-state index contributed by atoms with van der Waals surface area (Å²) in [4.78, 5) is 51.3. The van der Waals surface area contributed by atoms with Gasteiger partial charge in [-0.25, -0.2) is 0 Å². The standard InChI is InChI=1S/C30H49N3O4/c1-11-17-31-24(35)28(5,6)20-29(7,8)25(36)32-23-15-13-22(14-16-23)27(3,4)19-30(9,10)26(37)33(21-34)18-12-2/h13-16,21H,11-12,17-20H2,1-10H3,(H,31,35)(H,32,36). The first-order valence-corrected chi connectivity index (χ1v) is 13.4. The molecule has 0 fully saturated rings. The van der Waals surface area contributed by atoms with Crippen molar-refractivity contribution < 1.29 is 19.2 Å². The molecule has 2 N–H and O–H groups in total. The minimum Gasteiger partial charge on any atom is -0.356 e. The first kappa shape index (κ1) is 32.3. The van der Waals surface area contributed by atoms with Crippen LogP contribution in [0.15, 0.2) is 24.3 Å². The van der Waals surface area contributed by atoms with E-state index in [1.165, 1.54) is 4.90 Å². The van der Waals surface area contributed by atoms with Crippen molar-refractivity contribution in [3.05, 3.63) is 29.8 Å². The highest BCUT2D eigenvalue weighted by Crippen LogP contribution is 2.39. The van der Waals surface area contributed by atoms with Crippen LogP contribution in [-0.4, -0.2) is 42.1 Å². The number of amides is 4. The van der Waals surface area contributed by atoms with Gasteiger partial charge in [-0.1, -0.05) is 81.4 Å². The Balaban J connectivity index is 2.94. The van der Waals surface area contributed by atoms with Crippen molar-refractivity contribution in [2.45, 2.75) is 100 Å². The average molecular weight is 516 g/mol. The molecular weight excluding hydrogens is 466 g/mol. The fourth-order valence-electron chi connectivity index (χ4n) is 5.16. The van der Waals surface area contributed by atoms with Crippen molar-refractivity contribution in [1.82, 2.24) is 10.2 Å². The van der Waals surface area contributed by atoms with Crippen LogP contribution in [0, 0.1) is 16.2 Å². The third-order valence-electron chi connectivity index (χ3n) is 6.89. The van der Waals surface area contributed by atoms with Crippen molar-refractivity contribution >= 4 is 29.8 Å². The highest BCUT2D eigenvalue weighted by Gasteiger charge is 2.40. The van der Waals surface area contributed by atoms with Gasteiger partial charge in [0.25, 0.3) is 0 Å². The molecule has 7 heteroatoms. The zero-order valence-corrected chi connectivity index (χ0v) is 24.7. The Kier molecular flexibility index (Phi) is 11.1. The van der Waals surface area contributed by atoms with Crippen LogP contribution in [0.25, 0.3) is 0 Å². The van der Waals surface area contributed by atoms with Crippen LogP contribution in [0.5, 0.6) is 0 Å². The third-order valence-corrected chi connectivity index (χ3v) is 6.89. The van der Waals surface area contributed by atoms with E-state index in [-0.39, 0.29) is 23.1 Å². The number of anilines is 1. The molecule has 0 radical (unpaired) electrons. The zero-order chi connectivity index (χ0) is 28.7. The van der Waals surface area contributed by atoms with Crippen molar-refractivity contribution in [2.24, 2.45) is 16.2 Å². The predicted octanol–water partition coefficient (Wildman–Crippen LogP) is 5.68. The summed E-state index contributed by atoms with van der Waals surface area (Å²) in [5.74, 6) is -0.364. The van der Waals surface area contributed by atoms with Crippen molar-refractivity contribution in [3.8, 4) is 0 Å². The van der Waals surface area contributed by atoms with Gasteiger partial charge in [0.15, 0.2) is 0 Å². The summed E-state index contributed by atoms with van der Waals surface area (Å²) >= 11 is 0. The maximum absolute atomic E-state index is 13.1. The van der Waals surface area contributed by atoms with E-state index in [4.69, 9.17) is 0 Å². The van der Waals surface area contributed by atoms with Crippen LogP contribution in [0.1, 0.15) is 100 Å². The summed E-state index contributed by atoms with van der Waals surface area (Å²) in [6.07, 6.45) is 3.17. The maximum atomic E-state index is 13.1. The maximum Gasteiger partial charge on any atom is 0.234 e. The molecule has 1 rings (SSSR count). The molecular formula is C30H49N3O4. The monoisotopic (exact) mass is 515 g/mol. The van der Waals surface area contributed by atoms with E-state index in [1.807, 2.05) is 79.7 Å². The Morgan fingerprint density at radius 3 is 1.81 bits per heavy atom. The molecule has 4 amide bonds. The molecule has 7 nitrogen and oxygen atoms in total. The van der Waals surface area contributed by atoms with E-state index in [0.29, 0.717) is 38.0 Å². The highest BCUT2D eigenvalue weighted by molar-refractivity contribution is 5.95. The average Bonchev–Trinajstić information content (AvgIpc) is 2.79. The fraction of sp³-hybridized carbons (Fsp3) is 0.667. The summed E-state index contributed by atoms with van der Waals surface area (Å²) in [6.45, 7) is 20.3. The van der Waals surface area contributed by atoms with Gasteiger partial charge in [0, 0.05) is 35.0 Å². The lowest BCUT2D eigenvalue weighted by Crippen LogP contribution is -2.43. The predicted molar refractivity (Wildman–Crippen MR) is 150 cm³/mol. The van der Waals surface area contributed by atoms with Crippen LogP contribution < -0.4 is 10.6 Å². The van der Waals surface area contributed by atoms with Gasteiger partial charge < -0.3 is 10.6 Å². The summed E-state index contributed by atoms with van der Waals surface area (Å²) in [5, 5.41) is 5.93. The molecule has 208 valence electrons. The van der Waals surface area contributed by atoms with Gasteiger partial charge in [-0.05, 0) is 48.8 Å². The second kappa shape index (κ2) is 12.7. The van der Waals surface area contributed by atoms with E-state index in [2.05, 4.69) is 24.5 Å². The third kappa shape index (κ3) is 8.97. The number of imide groups is 1. The molecule has 0 heterocycles. The molecule has 0 saturated carbocycles. The van der Waals surface area contributed by atoms with Crippen molar-refractivity contribution in [2.75, 3.05) is 18.4 Å². The van der Waals surface area contributed by atoms with E-state index in [9.17, 15) is 19.2 Å². The minimum absolute atomic E-state index is 0.0471. The van der Waals surface area contributed by atoms with Gasteiger partial charge in [-0.3, -0.25) is 24.1 Å². The Labute approximate surface area is 224 Å². The zero-order valence-electron chi connectivity index (χ0n) is 24.7. The van der Waals surface area contributed by atoms with Crippen LogP contribution in [0.2, 0.25) is 0 Å². The lowest BCUT2D eigenvalue weighted by Gasteiger charge is -2.36. The normalized spacial score (nSPS) is 12.6. The molecule has 0 aromatic heterocycles. The quantitative estimate of drug-likeness (QED) is 0.312. The van der Waals surface area contributed by atoms with Crippen LogP contribution >= 0.6 is 0 Å². The molecule has 1 aromatic rings. The number of benzene rings is 1. The van der Waals surface area contributed by atoms with Crippen molar-refractivity contribution in [3.63, 3.8) is 0 Å². The summed E-state index contributed by atoms with van der Waals surface area (Å²) < 4.78 is 0. The number of hydrogen-bond donors (Lipinski definition) is 2. The number of hydrogen-bond acceptors (Lipinski definition) is 4. The molecule has 0 aliphatic rings. The smallest absolute Gasteiger partial charge is 0.234 e. The summed E-state index contributed by atoms with van der Waals surface area (Å²) in [5.41, 5.74) is -0.767. The minimum atomic E-state index is -0.752. The van der Waals surface area contributed by atoms with E-state index in [1.54, 1.807) is 0 Å². The largest absolute Gasteiger partial charge is 0.356 e. The van der Waals surface area contributed by atoms with Gasteiger partial charge in [0.05, 0.1) is 0 Å². The second-order valence-corrected chi connectivity index (χ2v) is 12.8. The summed E-state index contributed by atoms with van der Waals surface area (Å²) in [7, 11) is 0. The molecule has 0 atom stereocenters. The Bertz CT molecular complexity index is 946. The van der Waals surface area contributed by atoms with Crippen LogP contribution in [-0.2, 0) is 24.6 Å². The summed E-state index contributed by atoms with van der Waals surface area (Å²) in [6, 6.07) is 7.67. The number of nitrogens with zero attached hydrogens (tertiary/aromatic N) is 1. The molecule has 0 bridgehead atoms. The van der Waals surface area contributed by atoms with Gasteiger partial charge in [-0.2, -0.15) is 0 Å². The number of carbonyl (C=O) groups is 4. The van der Waals surface area contributed by atoms with Gasteiger partial charge >= 0.3 is 0 Å². The van der Waals surface area contributed by atoms with E-state index < -0.39 is 16.2 Å². The highest BCUT2D eigenvalue weighted by atomic mass is 16.2. The molecule has 37 heavy (non-hydrogen) atoms. The lowest BCUT2D eigenvalue weighted by molar-refractivity contribution is -0.146. The van der Waals surface area contributed by atoms with Crippen LogP contribution in [0.4, 0.5) is 5.69 Å². The van der Waals surface area contributed by atoms with Crippen LogP contribution in [0.3, 0.4) is 0 Å². The Morgan fingerprint density at radius 1 is 0.784 bits per heavy atom. The number of rotatable bonds is 14. The SMILES string of the molecule is CCCNC(=O)C(C)(C)CC(C)(C)C(=O)Nc1ccc(C(C)(C)CC(C)(C)C(=O)N(C=O)CCC)cc1. The molecule has 0 unspecified atom stereocenters. The molecule has 0 aliphatic carbocycles. The Hall–Kier alpha value is -2.70. The second-order valence-electron chi connectivity index (χ2n) is 12.8. The molecule has 1 aromatic carbocycles. The Morgan fingerprint density at radius 2 is 1.32 bits per heavy atom. The molecule has 0 spiro atoms. The first-order chi connectivity index (χ1) is 16.9. The van der Waals surface area contributed by atoms with E-state index in [0.717, 1.165) is 18.4 Å². The number of nitrogens with one attached hydrogen (secondary N) is 2. The number of carbonyl (C=O) groups excluding carboxylic acids is 4. The van der Waals surface area contributed by atoms with Gasteiger partial charge in [0.2, 0.25) is 24.1 Å². The molecule has 0 saturated heterocycles. The van der Waals surface area contributed by atoms with Gasteiger partial charge in [0.1, 0.15) is 0 Å². The fourth-order valence-corrected chi connectivity index (χ4v) is 5.16. The molecule has 0 aliphatic heterocycles. The first-order valence-electron chi connectivity index (χ1n) is 13.4. The lowest BCUT2D eigenvalue weighted by atomic mass is 9.70. The van der Waals surface area contributed by atoms with Gasteiger partial charge in [-0.15, -0.1) is 0 Å². The topological polar surface area (TPSA) is 95.6 Å². The van der Waals surface area contributed by atoms with Crippen molar-refractivity contribution in [1.29, 1.82) is 0 Å². The van der Waals surface area contributed by atoms with E-state index >= 15 is 0 Å².